The van der Waals surface area contributed by atoms with Gasteiger partial charge in [-0.3, -0.25) is 10.00 Å². The third-order valence-corrected chi connectivity index (χ3v) is 4.26. The number of aromatic nitrogens is 2. The molecule has 1 aromatic carbocycles. The van der Waals surface area contributed by atoms with Crippen molar-refractivity contribution in [2.75, 3.05) is 37.6 Å². The normalized spacial score (nSPS) is 16.4. The zero-order valence-corrected chi connectivity index (χ0v) is 13.1. The number of anilines is 1. The molecule has 21 heavy (non-hydrogen) atoms. The van der Waals surface area contributed by atoms with Crippen molar-refractivity contribution in [2.45, 2.75) is 13.3 Å². The molecule has 0 bridgehead atoms. The molecule has 1 N–H and O–H groups in total. The van der Waals surface area contributed by atoms with E-state index in [1.165, 1.54) is 5.69 Å². The van der Waals surface area contributed by atoms with E-state index in [0.29, 0.717) is 0 Å². The second-order valence-corrected chi connectivity index (χ2v) is 6.03. The van der Waals surface area contributed by atoms with E-state index in [9.17, 15) is 0 Å². The Kier molecular flexibility index (Phi) is 4.46. The monoisotopic (exact) mass is 304 g/mol. The summed E-state index contributed by atoms with van der Waals surface area (Å²) in [6, 6.07) is 10.3. The number of benzene rings is 1. The molecular formula is C16H21ClN4. The SMILES string of the molecule is Cc1cc(CCN2CCN(c3ccc(Cl)cc3)CC2)n[nH]1. The van der Waals surface area contributed by atoms with Gasteiger partial charge < -0.3 is 4.90 Å². The Morgan fingerprint density at radius 2 is 1.86 bits per heavy atom. The summed E-state index contributed by atoms with van der Waals surface area (Å²) in [7, 11) is 0. The lowest BCUT2D eigenvalue weighted by molar-refractivity contribution is 0.260. The quantitative estimate of drug-likeness (QED) is 0.943. The maximum atomic E-state index is 5.94. The van der Waals surface area contributed by atoms with Crippen LogP contribution in [0.2, 0.25) is 5.02 Å². The Morgan fingerprint density at radius 3 is 2.48 bits per heavy atom. The molecule has 1 fully saturated rings. The van der Waals surface area contributed by atoms with Gasteiger partial charge in [-0.25, -0.2) is 0 Å². The first-order valence-electron chi connectivity index (χ1n) is 7.44. The third kappa shape index (κ3) is 3.77. The fourth-order valence-corrected chi connectivity index (χ4v) is 2.88. The van der Waals surface area contributed by atoms with Crippen LogP contribution in [-0.2, 0) is 6.42 Å². The fraction of sp³-hybridized carbons (Fsp3) is 0.438. The average Bonchev–Trinajstić information content (AvgIpc) is 2.92. The van der Waals surface area contributed by atoms with Gasteiger partial charge in [0.05, 0.1) is 5.69 Å². The maximum Gasteiger partial charge on any atom is 0.0637 e. The van der Waals surface area contributed by atoms with Crippen LogP contribution in [0.5, 0.6) is 0 Å². The maximum absolute atomic E-state index is 5.94. The fourth-order valence-electron chi connectivity index (χ4n) is 2.76. The lowest BCUT2D eigenvalue weighted by Gasteiger charge is -2.36. The lowest BCUT2D eigenvalue weighted by atomic mass is 10.2. The predicted octanol–water partition coefficient (Wildman–Crippen LogP) is 2.74. The van der Waals surface area contributed by atoms with Gasteiger partial charge in [0.1, 0.15) is 0 Å². The van der Waals surface area contributed by atoms with E-state index < -0.39 is 0 Å². The number of nitrogens with one attached hydrogen (secondary N) is 1. The highest BCUT2D eigenvalue weighted by molar-refractivity contribution is 6.30. The van der Waals surface area contributed by atoms with Gasteiger partial charge >= 0.3 is 0 Å². The molecule has 2 aromatic rings. The number of halogens is 1. The molecule has 0 saturated carbocycles. The van der Waals surface area contributed by atoms with Crippen LogP contribution >= 0.6 is 11.6 Å². The van der Waals surface area contributed by atoms with Gasteiger partial charge in [0.15, 0.2) is 0 Å². The first kappa shape index (κ1) is 14.4. The smallest absolute Gasteiger partial charge is 0.0637 e. The van der Waals surface area contributed by atoms with Crippen LogP contribution in [0, 0.1) is 6.92 Å². The third-order valence-electron chi connectivity index (χ3n) is 4.01. The average molecular weight is 305 g/mol. The minimum absolute atomic E-state index is 0.798. The predicted molar refractivity (Wildman–Crippen MR) is 87.1 cm³/mol. The van der Waals surface area contributed by atoms with E-state index in [1.807, 2.05) is 19.1 Å². The number of H-pyrrole nitrogens is 1. The van der Waals surface area contributed by atoms with Crippen molar-refractivity contribution in [3.05, 3.63) is 46.7 Å². The summed E-state index contributed by atoms with van der Waals surface area (Å²) >= 11 is 5.94. The minimum Gasteiger partial charge on any atom is -0.369 e. The number of aromatic amines is 1. The number of aryl methyl sites for hydroxylation is 1. The molecule has 0 atom stereocenters. The summed E-state index contributed by atoms with van der Waals surface area (Å²) in [6.45, 7) is 7.47. The van der Waals surface area contributed by atoms with E-state index >= 15 is 0 Å². The van der Waals surface area contributed by atoms with Gasteiger partial charge in [-0.15, -0.1) is 0 Å². The van der Waals surface area contributed by atoms with Crippen LogP contribution < -0.4 is 4.90 Å². The second-order valence-electron chi connectivity index (χ2n) is 5.60. The van der Waals surface area contributed by atoms with Crippen LogP contribution in [0.15, 0.2) is 30.3 Å². The van der Waals surface area contributed by atoms with Crippen molar-refractivity contribution in [1.29, 1.82) is 0 Å². The summed E-state index contributed by atoms with van der Waals surface area (Å²) in [6.07, 6.45) is 1.02. The first-order valence-corrected chi connectivity index (χ1v) is 7.82. The van der Waals surface area contributed by atoms with Crippen LogP contribution in [-0.4, -0.2) is 47.8 Å². The molecule has 1 saturated heterocycles. The van der Waals surface area contributed by atoms with Crippen molar-refractivity contribution in [2.24, 2.45) is 0 Å². The summed E-state index contributed by atoms with van der Waals surface area (Å²) in [5.74, 6) is 0. The summed E-state index contributed by atoms with van der Waals surface area (Å²) in [4.78, 5) is 4.93. The highest BCUT2D eigenvalue weighted by Crippen LogP contribution is 2.19. The number of nitrogens with zero attached hydrogens (tertiary/aromatic N) is 3. The van der Waals surface area contributed by atoms with Gasteiger partial charge in [0.2, 0.25) is 0 Å². The van der Waals surface area contributed by atoms with Gasteiger partial charge in [0, 0.05) is 55.5 Å². The number of piperazine rings is 1. The minimum atomic E-state index is 0.798. The number of hydrogen-bond donors (Lipinski definition) is 1. The van der Waals surface area contributed by atoms with Crippen LogP contribution in [0.3, 0.4) is 0 Å². The van der Waals surface area contributed by atoms with Crippen molar-refractivity contribution in [3.63, 3.8) is 0 Å². The van der Waals surface area contributed by atoms with Gasteiger partial charge in [-0.05, 0) is 37.3 Å². The van der Waals surface area contributed by atoms with E-state index in [0.717, 1.165) is 55.6 Å². The largest absolute Gasteiger partial charge is 0.369 e. The molecule has 0 spiro atoms. The Balaban J connectivity index is 1.47. The highest BCUT2D eigenvalue weighted by Gasteiger charge is 2.17. The van der Waals surface area contributed by atoms with Gasteiger partial charge in [0.25, 0.3) is 0 Å². The highest BCUT2D eigenvalue weighted by atomic mass is 35.5. The van der Waals surface area contributed by atoms with E-state index in [4.69, 9.17) is 11.6 Å². The molecule has 4 nitrogen and oxygen atoms in total. The molecule has 0 unspecified atom stereocenters. The second kappa shape index (κ2) is 6.50. The molecular weight excluding hydrogens is 284 g/mol. The Labute approximate surface area is 130 Å². The molecule has 1 aliphatic rings. The van der Waals surface area contributed by atoms with E-state index in [-0.39, 0.29) is 0 Å². The van der Waals surface area contributed by atoms with Crippen molar-refractivity contribution >= 4 is 17.3 Å². The number of hydrogen-bond acceptors (Lipinski definition) is 3. The van der Waals surface area contributed by atoms with Gasteiger partial charge in [-0.2, -0.15) is 5.10 Å². The van der Waals surface area contributed by atoms with Crippen LogP contribution in [0.1, 0.15) is 11.4 Å². The van der Waals surface area contributed by atoms with Crippen LogP contribution in [0.4, 0.5) is 5.69 Å². The number of rotatable bonds is 4. The van der Waals surface area contributed by atoms with Crippen molar-refractivity contribution < 1.29 is 0 Å². The molecule has 3 rings (SSSR count). The zero-order chi connectivity index (χ0) is 14.7. The summed E-state index contributed by atoms with van der Waals surface area (Å²) in [5, 5.41) is 8.10. The van der Waals surface area contributed by atoms with E-state index in [2.05, 4.69) is 38.2 Å². The molecule has 112 valence electrons. The Hall–Kier alpha value is -1.52. The summed E-state index contributed by atoms with van der Waals surface area (Å²) < 4.78 is 0. The Bertz CT molecular complexity index is 570. The first-order chi connectivity index (χ1) is 10.2. The molecule has 0 radical (unpaired) electrons. The van der Waals surface area contributed by atoms with Crippen molar-refractivity contribution in [1.82, 2.24) is 15.1 Å². The standard InChI is InChI=1S/C16H21ClN4/c1-13-12-15(19-18-13)6-7-20-8-10-21(11-9-20)16-4-2-14(17)3-5-16/h2-5,12H,6-11H2,1H3,(H,18,19). The van der Waals surface area contributed by atoms with E-state index in [1.54, 1.807) is 0 Å². The van der Waals surface area contributed by atoms with Crippen LogP contribution in [0.25, 0.3) is 0 Å². The Morgan fingerprint density at radius 1 is 1.14 bits per heavy atom. The summed E-state index contributed by atoms with van der Waals surface area (Å²) in [5.41, 5.74) is 3.56. The molecule has 1 aliphatic heterocycles. The molecule has 5 heteroatoms. The molecule has 1 aromatic heterocycles. The topological polar surface area (TPSA) is 35.2 Å². The molecule has 0 amide bonds. The molecule has 0 aliphatic carbocycles. The molecule has 2 heterocycles. The lowest BCUT2D eigenvalue weighted by Crippen LogP contribution is -2.47. The zero-order valence-electron chi connectivity index (χ0n) is 12.3. The van der Waals surface area contributed by atoms with Crippen molar-refractivity contribution in [3.8, 4) is 0 Å². The van der Waals surface area contributed by atoms with Gasteiger partial charge in [-0.1, -0.05) is 11.6 Å².